The van der Waals surface area contributed by atoms with Crippen LogP contribution in [0.25, 0.3) is 0 Å². The summed E-state index contributed by atoms with van der Waals surface area (Å²) >= 11 is 1.34. The van der Waals surface area contributed by atoms with Gasteiger partial charge in [0.15, 0.2) is 0 Å². The molecule has 0 aromatic heterocycles. The summed E-state index contributed by atoms with van der Waals surface area (Å²) in [4.78, 5) is 13.8. The number of hydrogen-bond donors (Lipinski definition) is 3. The summed E-state index contributed by atoms with van der Waals surface area (Å²) < 4.78 is 41.3. The normalized spacial score (nSPS) is 21.4. The van der Waals surface area contributed by atoms with Crippen molar-refractivity contribution in [3.05, 3.63) is 54.6 Å². The summed E-state index contributed by atoms with van der Waals surface area (Å²) in [5.41, 5.74) is 1.21. The maximum atomic E-state index is 13.5. The van der Waals surface area contributed by atoms with Gasteiger partial charge in [-0.2, -0.15) is 15.0 Å². The molecular weight excluding hydrogens is 453 g/mol. The van der Waals surface area contributed by atoms with Gasteiger partial charge >= 0.3 is 5.97 Å². The second-order valence-electron chi connectivity index (χ2n) is 8.15. The van der Waals surface area contributed by atoms with E-state index in [1.165, 1.54) is 17.8 Å². The number of carbonyl (C=O) groups is 1. The number of para-hydroxylation sites is 1. The maximum Gasteiger partial charge on any atom is 0.368 e. The van der Waals surface area contributed by atoms with Crippen molar-refractivity contribution in [2.24, 2.45) is 5.41 Å². The van der Waals surface area contributed by atoms with Gasteiger partial charge in [-0.1, -0.05) is 38.5 Å². The molecule has 32 heavy (non-hydrogen) atoms. The molecule has 9 heteroatoms. The van der Waals surface area contributed by atoms with E-state index >= 15 is 0 Å². The van der Waals surface area contributed by atoms with Gasteiger partial charge < -0.3 is 14.7 Å². The Morgan fingerprint density at radius 1 is 1.31 bits per heavy atom. The van der Waals surface area contributed by atoms with Crippen molar-refractivity contribution in [1.82, 2.24) is 0 Å². The smallest absolute Gasteiger partial charge is 0.368 e. The van der Waals surface area contributed by atoms with Crippen LogP contribution in [0.4, 0.5) is 15.8 Å². The van der Waals surface area contributed by atoms with Crippen LogP contribution in [-0.2, 0) is 4.79 Å². The Bertz CT molecular complexity index is 1010. The van der Waals surface area contributed by atoms with E-state index in [2.05, 4.69) is 18.7 Å². The number of anilines is 2. The molecule has 3 N–H and O–H groups in total. The molecule has 174 valence electrons. The monoisotopic (exact) mass is 481 g/mol. The molecule has 3 rings (SSSR count). The summed E-state index contributed by atoms with van der Waals surface area (Å²) in [6, 6.07) is 13.0. The lowest BCUT2D eigenvalue weighted by atomic mass is 9.87. The van der Waals surface area contributed by atoms with Crippen LogP contribution >= 0.6 is 22.4 Å². The highest BCUT2D eigenvalue weighted by Gasteiger charge is 2.40. The van der Waals surface area contributed by atoms with Crippen molar-refractivity contribution in [2.75, 3.05) is 23.5 Å². The van der Waals surface area contributed by atoms with Gasteiger partial charge in [0.05, 0.1) is 15.5 Å². The third-order valence-electron chi connectivity index (χ3n) is 5.39. The Balaban J connectivity index is 2.20. The highest BCUT2D eigenvalue weighted by Crippen LogP contribution is 2.61. The van der Waals surface area contributed by atoms with E-state index in [9.17, 15) is 18.3 Å². The molecule has 0 spiro atoms. The minimum atomic E-state index is -3.21. The number of rotatable bonds is 7. The Kier molecular flexibility index (Phi) is 7.44. The fraction of sp³-hybridized carbons (Fsp3) is 0.348. The predicted molar refractivity (Wildman–Crippen MR) is 128 cm³/mol. The Morgan fingerprint density at radius 3 is 2.59 bits per heavy atom. The SMILES string of the molecule is CCC[C@@]1(C)CN(c2ccccc2)c2cc(SC)c(O/C=C(\F)C(=O)O)cc2S(O)(O)C1. The van der Waals surface area contributed by atoms with Crippen LogP contribution in [0.1, 0.15) is 26.7 Å². The Labute approximate surface area is 193 Å². The molecule has 1 aliphatic heterocycles. The van der Waals surface area contributed by atoms with Crippen LogP contribution in [0, 0.1) is 5.41 Å². The molecule has 0 saturated heterocycles. The number of benzene rings is 2. The third-order valence-corrected chi connectivity index (χ3v) is 8.28. The first-order chi connectivity index (χ1) is 15.1. The number of carboxylic acids is 1. The number of aliphatic carboxylic acids is 1. The van der Waals surface area contributed by atoms with Gasteiger partial charge in [-0.25, -0.2) is 4.79 Å². The van der Waals surface area contributed by atoms with E-state index in [1.807, 2.05) is 36.6 Å². The number of nitrogens with zero attached hydrogens (tertiary/aromatic N) is 1. The predicted octanol–water partition coefficient (Wildman–Crippen LogP) is 6.75. The number of carboxylic acid groups (broad SMARTS) is 1. The van der Waals surface area contributed by atoms with Crippen molar-refractivity contribution < 1.29 is 28.1 Å². The third kappa shape index (κ3) is 5.23. The minimum Gasteiger partial charge on any atom is -0.476 e. The first kappa shape index (κ1) is 24.4. The van der Waals surface area contributed by atoms with Crippen LogP contribution in [0.3, 0.4) is 0 Å². The van der Waals surface area contributed by atoms with Gasteiger partial charge in [0.1, 0.15) is 12.0 Å². The number of ether oxygens (including phenoxy) is 1. The van der Waals surface area contributed by atoms with E-state index in [0.717, 1.165) is 18.5 Å². The Hall–Kier alpha value is -2.20. The number of thioether (sulfide) groups is 1. The standard InChI is InChI=1S/C23H28FNO5S2/c1-4-10-23(2)14-25(16-8-6-5-7-9-16)18-11-20(31-3)19(30-13-17(24)22(26)27)12-21(18)32(28,29)15-23/h5-9,11-13,28-29H,4,10,14-15H2,1-3H3,(H,26,27)/b17-13-/t23-/m0/s1. The van der Waals surface area contributed by atoms with E-state index in [1.54, 1.807) is 6.07 Å². The topological polar surface area (TPSA) is 90.2 Å². The van der Waals surface area contributed by atoms with Gasteiger partial charge in [0.2, 0.25) is 5.83 Å². The first-order valence-electron chi connectivity index (χ1n) is 10.2. The summed E-state index contributed by atoms with van der Waals surface area (Å²) in [6.07, 6.45) is 4.04. The molecule has 6 nitrogen and oxygen atoms in total. The molecule has 0 radical (unpaired) electrons. The number of halogens is 1. The molecule has 0 saturated carbocycles. The Morgan fingerprint density at radius 2 is 2.00 bits per heavy atom. The van der Waals surface area contributed by atoms with Crippen molar-refractivity contribution in [1.29, 1.82) is 0 Å². The summed E-state index contributed by atoms with van der Waals surface area (Å²) in [5, 5.41) is 8.76. The molecule has 1 atom stereocenters. The molecule has 0 amide bonds. The second-order valence-corrected chi connectivity index (χ2v) is 11.1. The first-order valence-corrected chi connectivity index (χ1v) is 13.1. The van der Waals surface area contributed by atoms with Crippen molar-refractivity contribution in [3.8, 4) is 5.75 Å². The van der Waals surface area contributed by atoms with Crippen LogP contribution in [0.2, 0.25) is 0 Å². The zero-order valence-electron chi connectivity index (χ0n) is 18.2. The largest absolute Gasteiger partial charge is 0.476 e. The second kappa shape index (κ2) is 9.74. The van der Waals surface area contributed by atoms with Crippen LogP contribution in [0.15, 0.2) is 64.3 Å². The number of fused-ring (bicyclic) bond motifs is 1. The van der Waals surface area contributed by atoms with Gasteiger partial charge in [0.25, 0.3) is 0 Å². The van der Waals surface area contributed by atoms with Crippen molar-refractivity contribution in [2.45, 2.75) is 36.5 Å². The summed E-state index contributed by atoms with van der Waals surface area (Å²) in [7, 11) is -3.21. The van der Waals surface area contributed by atoms with E-state index in [-0.39, 0.29) is 16.9 Å². The molecule has 2 aromatic carbocycles. The minimum absolute atomic E-state index is 0.166. The van der Waals surface area contributed by atoms with Crippen LogP contribution in [-0.4, -0.2) is 38.7 Å². The molecular formula is C23H28FNO5S2. The van der Waals surface area contributed by atoms with Gasteiger partial charge in [-0.3, -0.25) is 9.11 Å². The van der Waals surface area contributed by atoms with E-state index < -0.39 is 22.4 Å². The fourth-order valence-corrected chi connectivity index (χ4v) is 6.79. The zero-order chi connectivity index (χ0) is 23.5. The van der Waals surface area contributed by atoms with Crippen LogP contribution < -0.4 is 9.64 Å². The van der Waals surface area contributed by atoms with E-state index in [0.29, 0.717) is 28.3 Å². The molecule has 2 aromatic rings. The summed E-state index contributed by atoms with van der Waals surface area (Å²) in [6.45, 7) is 4.72. The molecule has 1 aliphatic rings. The van der Waals surface area contributed by atoms with Gasteiger partial charge in [0, 0.05) is 29.5 Å². The molecule has 1 heterocycles. The van der Waals surface area contributed by atoms with Crippen molar-refractivity contribution in [3.63, 3.8) is 0 Å². The highest BCUT2D eigenvalue weighted by molar-refractivity contribution is 8.24. The highest BCUT2D eigenvalue weighted by atomic mass is 32.3. The van der Waals surface area contributed by atoms with Gasteiger partial charge in [-0.05, 0) is 30.9 Å². The van der Waals surface area contributed by atoms with Gasteiger partial charge in [-0.15, -0.1) is 11.8 Å². The van der Waals surface area contributed by atoms with E-state index in [4.69, 9.17) is 9.84 Å². The lowest BCUT2D eigenvalue weighted by molar-refractivity contribution is -0.134. The fourth-order valence-electron chi connectivity index (χ4n) is 4.09. The molecule has 0 aliphatic carbocycles. The average molecular weight is 482 g/mol. The maximum absolute atomic E-state index is 13.5. The quantitative estimate of drug-likeness (QED) is 0.229. The van der Waals surface area contributed by atoms with Crippen LogP contribution in [0.5, 0.6) is 5.75 Å². The summed E-state index contributed by atoms with van der Waals surface area (Å²) in [5.74, 6) is -2.83. The van der Waals surface area contributed by atoms with Crippen molar-refractivity contribution >= 4 is 39.7 Å². The lowest BCUT2D eigenvalue weighted by Crippen LogP contribution is -2.35. The average Bonchev–Trinajstić information content (AvgIpc) is 2.83. The molecule has 0 unspecified atom stereocenters. The molecule has 0 fully saturated rings. The zero-order valence-corrected chi connectivity index (χ0v) is 19.9. The number of hydrogen-bond acceptors (Lipinski definition) is 6. The molecule has 0 bridgehead atoms. The lowest BCUT2D eigenvalue weighted by Gasteiger charge is -2.39.